The molecule has 1 N–H and O–H groups in total. The Morgan fingerprint density at radius 1 is 1.45 bits per heavy atom. The molecule has 1 amide bonds. The fourth-order valence-corrected chi connectivity index (χ4v) is 3.17. The van der Waals surface area contributed by atoms with Gasteiger partial charge in [-0.05, 0) is 25.2 Å². The first-order valence-electron chi connectivity index (χ1n) is 7.71. The molecule has 2 saturated heterocycles. The second kappa shape index (κ2) is 6.73. The number of nitrogens with zero attached hydrogens (tertiary/aromatic N) is 2. The highest BCUT2D eigenvalue weighted by Gasteiger charge is 2.38. The summed E-state index contributed by atoms with van der Waals surface area (Å²) in [5, 5.41) is 2.73. The van der Waals surface area contributed by atoms with Crippen LogP contribution >= 0.6 is 0 Å². The van der Waals surface area contributed by atoms with Crippen molar-refractivity contribution in [3.8, 4) is 0 Å². The molecule has 0 aromatic heterocycles. The second-order valence-electron chi connectivity index (χ2n) is 6.03. The number of benzene rings is 1. The summed E-state index contributed by atoms with van der Waals surface area (Å²) in [4.78, 5) is 16.6. The quantitative estimate of drug-likeness (QED) is 0.907. The Morgan fingerprint density at radius 3 is 3.09 bits per heavy atom. The van der Waals surface area contributed by atoms with Gasteiger partial charge in [-0.15, -0.1) is 0 Å². The lowest BCUT2D eigenvalue weighted by Crippen LogP contribution is -2.48. The highest BCUT2D eigenvalue weighted by molar-refractivity contribution is 5.90. The van der Waals surface area contributed by atoms with Crippen LogP contribution in [0.4, 0.5) is 10.1 Å². The number of likely N-dealkylation sites (tertiary alicyclic amines) is 1. The van der Waals surface area contributed by atoms with E-state index in [2.05, 4.69) is 22.2 Å². The van der Waals surface area contributed by atoms with E-state index < -0.39 is 0 Å². The molecule has 1 aromatic carbocycles. The maximum absolute atomic E-state index is 13.1. The van der Waals surface area contributed by atoms with Gasteiger partial charge in [0.2, 0.25) is 5.91 Å². The molecule has 5 nitrogen and oxygen atoms in total. The molecule has 0 spiro atoms. The average molecular weight is 307 g/mol. The van der Waals surface area contributed by atoms with E-state index in [1.54, 1.807) is 12.1 Å². The van der Waals surface area contributed by atoms with Gasteiger partial charge in [0.25, 0.3) is 0 Å². The van der Waals surface area contributed by atoms with E-state index in [9.17, 15) is 9.18 Å². The maximum Gasteiger partial charge on any atom is 0.225 e. The normalized spacial score (nSPS) is 25.9. The second-order valence-corrected chi connectivity index (χ2v) is 6.03. The smallest absolute Gasteiger partial charge is 0.225 e. The monoisotopic (exact) mass is 307 g/mol. The molecular weight excluding hydrogens is 285 g/mol. The van der Waals surface area contributed by atoms with Crippen molar-refractivity contribution in [2.45, 2.75) is 18.6 Å². The standard InChI is InChI=1S/C16H22FN3O2/c1-19-7-8-22-15-11-20(10-14(15)19)6-5-16(21)18-13-4-2-3-12(17)9-13/h2-4,9,14-15H,5-8,10-11H2,1H3,(H,18,21)/t14-,15-/m0/s1. The lowest BCUT2D eigenvalue weighted by atomic mass is 10.1. The zero-order valence-corrected chi connectivity index (χ0v) is 12.8. The zero-order valence-electron chi connectivity index (χ0n) is 12.8. The summed E-state index contributed by atoms with van der Waals surface area (Å²) >= 11 is 0. The van der Waals surface area contributed by atoms with Crippen molar-refractivity contribution >= 4 is 11.6 Å². The molecule has 0 radical (unpaired) electrons. The third kappa shape index (κ3) is 3.63. The van der Waals surface area contributed by atoms with Gasteiger partial charge in [0, 0.05) is 44.3 Å². The Bertz CT molecular complexity index is 540. The summed E-state index contributed by atoms with van der Waals surface area (Å²) < 4.78 is 18.9. The van der Waals surface area contributed by atoms with Crippen LogP contribution in [0.25, 0.3) is 0 Å². The molecule has 2 aliphatic rings. The molecular formula is C16H22FN3O2. The predicted molar refractivity (Wildman–Crippen MR) is 82.2 cm³/mol. The number of morpholine rings is 1. The van der Waals surface area contributed by atoms with Crippen LogP contribution in [-0.2, 0) is 9.53 Å². The number of fused-ring (bicyclic) bond motifs is 1. The SMILES string of the molecule is CN1CCO[C@H]2CN(CCC(=O)Nc3cccc(F)c3)C[C@@H]21. The van der Waals surface area contributed by atoms with Crippen molar-refractivity contribution in [3.63, 3.8) is 0 Å². The first-order chi connectivity index (χ1) is 10.6. The van der Waals surface area contributed by atoms with Crippen molar-refractivity contribution in [1.29, 1.82) is 0 Å². The number of likely N-dealkylation sites (N-methyl/N-ethyl adjacent to an activating group) is 1. The average Bonchev–Trinajstić information content (AvgIpc) is 2.90. The van der Waals surface area contributed by atoms with E-state index in [-0.39, 0.29) is 17.8 Å². The van der Waals surface area contributed by atoms with Crippen molar-refractivity contribution in [1.82, 2.24) is 9.80 Å². The molecule has 0 saturated carbocycles. The van der Waals surface area contributed by atoms with Gasteiger partial charge in [-0.25, -0.2) is 4.39 Å². The van der Waals surface area contributed by atoms with Crippen LogP contribution < -0.4 is 5.32 Å². The summed E-state index contributed by atoms with van der Waals surface area (Å²) in [7, 11) is 2.13. The maximum atomic E-state index is 13.1. The Labute approximate surface area is 130 Å². The number of hydrogen-bond donors (Lipinski definition) is 1. The highest BCUT2D eigenvalue weighted by atomic mass is 19.1. The lowest BCUT2D eigenvalue weighted by molar-refractivity contribution is -0.116. The highest BCUT2D eigenvalue weighted by Crippen LogP contribution is 2.21. The summed E-state index contributed by atoms with van der Waals surface area (Å²) in [5.41, 5.74) is 0.503. The Morgan fingerprint density at radius 2 is 2.32 bits per heavy atom. The summed E-state index contributed by atoms with van der Waals surface area (Å²) in [5.74, 6) is -0.434. The fourth-order valence-electron chi connectivity index (χ4n) is 3.17. The van der Waals surface area contributed by atoms with Crippen LogP contribution in [0.3, 0.4) is 0 Å². The Balaban J connectivity index is 1.46. The van der Waals surface area contributed by atoms with Crippen LogP contribution in [0.2, 0.25) is 0 Å². The van der Waals surface area contributed by atoms with Gasteiger partial charge >= 0.3 is 0 Å². The first-order valence-corrected chi connectivity index (χ1v) is 7.71. The van der Waals surface area contributed by atoms with Crippen LogP contribution in [-0.4, -0.2) is 67.7 Å². The molecule has 3 rings (SSSR count). The number of carbonyl (C=O) groups excluding carboxylic acids is 1. The van der Waals surface area contributed by atoms with Crippen molar-refractivity contribution < 1.29 is 13.9 Å². The third-order valence-electron chi connectivity index (χ3n) is 4.42. The number of halogens is 1. The van der Waals surface area contributed by atoms with Gasteiger partial charge in [0.1, 0.15) is 5.82 Å². The number of carbonyl (C=O) groups is 1. The Hall–Kier alpha value is -1.50. The summed E-state index contributed by atoms with van der Waals surface area (Å²) in [6, 6.07) is 6.39. The number of ether oxygens (including phenoxy) is 1. The van der Waals surface area contributed by atoms with Crippen molar-refractivity contribution in [2.75, 3.05) is 45.2 Å². The molecule has 120 valence electrons. The number of rotatable bonds is 4. The minimum Gasteiger partial charge on any atom is -0.374 e. The van der Waals surface area contributed by atoms with Gasteiger partial charge in [-0.3, -0.25) is 14.6 Å². The fraction of sp³-hybridized carbons (Fsp3) is 0.562. The summed E-state index contributed by atoms with van der Waals surface area (Å²) in [6.45, 7) is 4.27. The first kappa shape index (κ1) is 15.4. The van der Waals surface area contributed by atoms with E-state index in [1.807, 2.05) is 0 Å². The zero-order chi connectivity index (χ0) is 15.5. The van der Waals surface area contributed by atoms with Crippen LogP contribution in [0.5, 0.6) is 0 Å². The largest absolute Gasteiger partial charge is 0.374 e. The van der Waals surface area contributed by atoms with E-state index in [0.29, 0.717) is 24.7 Å². The van der Waals surface area contributed by atoms with Crippen molar-refractivity contribution in [2.24, 2.45) is 0 Å². The molecule has 1 aromatic rings. The predicted octanol–water partition coefficient (Wildman–Crippen LogP) is 1.17. The molecule has 2 aliphatic heterocycles. The van der Waals surface area contributed by atoms with Crippen LogP contribution in [0, 0.1) is 5.82 Å². The minimum absolute atomic E-state index is 0.0882. The summed E-state index contributed by atoms with van der Waals surface area (Å²) in [6.07, 6.45) is 0.657. The number of amides is 1. The third-order valence-corrected chi connectivity index (χ3v) is 4.42. The van der Waals surface area contributed by atoms with Gasteiger partial charge in [-0.1, -0.05) is 6.07 Å². The minimum atomic E-state index is -0.346. The van der Waals surface area contributed by atoms with Crippen LogP contribution in [0.15, 0.2) is 24.3 Å². The van der Waals surface area contributed by atoms with Crippen LogP contribution in [0.1, 0.15) is 6.42 Å². The number of hydrogen-bond acceptors (Lipinski definition) is 4. The van der Waals surface area contributed by atoms with Gasteiger partial charge in [0.05, 0.1) is 12.7 Å². The van der Waals surface area contributed by atoms with Gasteiger partial charge in [-0.2, -0.15) is 0 Å². The molecule has 2 heterocycles. The van der Waals surface area contributed by atoms with Gasteiger partial charge in [0.15, 0.2) is 0 Å². The molecule has 0 unspecified atom stereocenters. The van der Waals surface area contributed by atoms with E-state index in [1.165, 1.54) is 12.1 Å². The van der Waals surface area contributed by atoms with E-state index in [4.69, 9.17) is 4.74 Å². The van der Waals surface area contributed by atoms with E-state index in [0.717, 1.165) is 26.2 Å². The topological polar surface area (TPSA) is 44.8 Å². The lowest BCUT2D eigenvalue weighted by Gasteiger charge is -2.33. The Kier molecular flexibility index (Phi) is 4.71. The molecule has 22 heavy (non-hydrogen) atoms. The molecule has 0 bridgehead atoms. The number of nitrogens with one attached hydrogen (secondary N) is 1. The number of anilines is 1. The van der Waals surface area contributed by atoms with E-state index >= 15 is 0 Å². The molecule has 6 heteroatoms. The molecule has 2 atom stereocenters. The van der Waals surface area contributed by atoms with Crippen molar-refractivity contribution in [3.05, 3.63) is 30.1 Å². The molecule has 0 aliphatic carbocycles. The van der Waals surface area contributed by atoms with Gasteiger partial charge < -0.3 is 10.1 Å². The molecule has 2 fully saturated rings.